The summed E-state index contributed by atoms with van der Waals surface area (Å²) >= 11 is 0. The summed E-state index contributed by atoms with van der Waals surface area (Å²) in [5.74, 6) is -1.58. The first-order chi connectivity index (χ1) is 6.34. The van der Waals surface area contributed by atoms with Crippen LogP contribution in [0.25, 0.3) is 0 Å². The molecule has 0 aromatic carbocycles. The van der Waals surface area contributed by atoms with Gasteiger partial charge in [-0.1, -0.05) is 0 Å². The van der Waals surface area contributed by atoms with E-state index in [4.69, 9.17) is 10.2 Å². The summed E-state index contributed by atoms with van der Waals surface area (Å²) in [5, 5.41) is 29.0. The molecule has 6 nitrogen and oxygen atoms in total. The predicted molar refractivity (Wildman–Crippen MR) is 47.1 cm³/mol. The van der Waals surface area contributed by atoms with Crippen LogP contribution in [0.1, 0.15) is 20.3 Å². The lowest BCUT2D eigenvalue weighted by Crippen LogP contribution is -2.44. The van der Waals surface area contributed by atoms with Crippen molar-refractivity contribution in [3.8, 4) is 0 Å². The van der Waals surface area contributed by atoms with E-state index in [0.29, 0.717) is 0 Å². The Kier molecular flexibility index (Phi) is 5.29. The summed E-state index contributed by atoms with van der Waals surface area (Å²) in [5.41, 5.74) is 0. The third kappa shape index (κ3) is 4.90. The van der Waals surface area contributed by atoms with Gasteiger partial charge in [-0.05, 0) is 6.92 Å². The van der Waals surface area contributed by atoms with E-state index in [0.717, 1.165) is 6.92 Å². The molecule has 0 aliphatic heterocycles. The maximum absolute atomic E-state index is 11.0. The number of carbonyl (C=O) groups is 2. The zero-order valence-electron chi connectivity index (χ0n) is 8.10. The third-order valence-corrected chi connectivity index (χ3v) is 1.51. The van der Waals surface area contributed by atoms with Crippen molar-refractivity contribution in [2.24, 2.45) is 0 Å². The number of hydrogen-bond acceptors (Lipinski definition) is 5. The first-order valence-corrected chi connectivity index (χ1v) is 4.20. The molecule has 0 rings (SSSR count). The summed E-state index contributed by atoms with van der Waals surface area (Å²) in [4.78, 5) is 21.4. The Hall–Kier alpha value is -0.980. The number of aliphatic hydroxyl groups is 3. The summed E-state index contributed by atoms with van der Waals surface area (Å²) in [6.07, 6.45) is -4.04. The van der Waals surface area contributed by atoms with Gasteiger partial charge in [0.2, 0.25) is 5.91 Å². The number of amides is 2. The van der Waals surface area contributed by atoms with E-state index in [1.54, 1.807) is 0 Å². The van der Waals surface area contributed by atoms with Crippen LogP contribution in [0, 0.1) is 0 Å². The van der Waals surface area contributed by atoms with E-state index >= 15 is 0 Å². The van der Waals surface area contributed by atoms with Crippen LogP contribution in [0.2, 0.25) is 0 Å². The molecule has 0 radical (unpaired) electrons. The van der Waals surface area contributed by atoms with Gasteiger partial charge in [0.05, 0.1) is 12.2 Å². The molecule has 3 atom stereocenters. The van der Waals surface area contributed by atoms with Crippen LogP contribution in [-0.4, -0.2) is 45.4 Å². The number of rotatable bonds is 4. The number of carbonyl (C=O) groups excluding carboxylic acids is 2. The van der Waals surface area contributed by atoms with Crippen molar-refractivity contribution in [3.63, 3.8) is 0 Å². The fourth-order valence-electron chi connectivity index (χ4n) is 0.901. The Bertz CT molecular complexity index is 216. The van der Waals surface area contributed by atoms with Crippen molar-refractivity contribution >= 4 is 11.8 Å². The van der Waals surface area contributed by atoms with E-state index in [1.807, 2.05) is 5.32 Å². The molecule has 4 N–H and O–H groups in total. The topological polar surface area (TPSA) is 107 Å². The molecule has 6 heteroatoms. The smallest absolute Gasteiger partial charge is 0.258 e. The number of nitrogens with one attached hydrogen (secondary N) is 1. The van der Waals surface area contributed by atoms with Crippen LogP contribution in [0.3, 0.4) is 0 Å². The van der Waals surface area contributed by atoms with Gasteiger partial charge in [-0.15, -0.1) is 0 Å². The van der Waals surface area contributed by atoms with E-state index in [9.17, 15) is 14.7 Å². The van der Waals surface area contributed by atoms with Crippen LogP contribution in [0.15, 0.2) is 0 Å². The number of hydrogen-bond donors (Lipinski definition) is 4. The SMILES string of the molecule is CC(=O)NC(=O)[C@H](O)[C@@H](O)C[C@@H](C)O. The zero-order valence-corrected chi connectivity index (χ0v) is 8.10. The molecule has 0 fully saturated rings. The van der Waals surface area contributed by atoms with Gasteiger partial charge in [0, 0.05) is 13.3 Å². The summed E-state index contributed by atoms with van der Waals surface area (Å²) in [6, 6.07) is 0. The van der Waals surface area contributed by atoms with Crippen LogP contribution in [0.5, 0.6) is 0 Å². The molecule has 0 bridgehead atoms. The second kappa shape index (κ2) is 5.69. The van der Waals surface area contributed by atoms with Gasteiger partial charge in [-0.2, -0.15) is 0 Å². The molecule has 0 aliphatic rings. The largest absolute Gasteiger partial charge is 0.393 e. The fourth-order valence-corrected chi connectivity index (χ4v) is 0.901. The first kappa shape index (κ1) is 13.0. The van der Waals surface area contributed by atoms with Crippen LogP contribution in [-0.2, 0) is 9.59 Å². The van der Waals surface area contributed by atoms with Crippen LogP contribution < -0.4 is 5.32 Å². The monoisotopic (exact) mass is 205 g/mol. The maximum atomic E-state index is 11.0. The molecular weight excluding hydrogens is 190 g/mol. The molecule has 0 heterocycles. The Labute approximate surface area is 81.5 Å². The normalized spacial score (nSPS) is 16.9. The minimum absolute atomic E-state index is 0.132. The summed E-state index contributed by atoms with van der Waals surface area (Å²) in [7, 11) is 0. The molecule has 0 aliphatic carbocycles. The van der Waals surface area contributed by atoms with Crippen LogP contribution >= 0.6 is 0 Å². The van der Waals surface area contributed by atoms with Crippen molar-refractivity contribution in [1.82, 2.24) is 5.32 Å². The van der Waals surface area contributed by atoms with Gasteiger partial charge < -0.3 is 15.3 Å². The number of aliphatic hydroxyl groups excluding tert-OH is 3. The third-order valence-electron chi connectivity index (χ3n) is 1.51. The van der Waals surface area contributed by atoms with Gasteiger partial charge in [0.15, 0.2) is 6.10 Å². The highest BCUT2D eigenvalue weighted by atomic mass is 16.3. The standard InChI is InChI=1S/C8H15NO5/c1-4(10)3-6(12)7(13)8(14)9-5(2)11/h4,6-7,10,12-13H,3H2,1-2H3,(H,9,11,14)/t4-,6+,7-/m1/s1. The highest BCUT2D eigenvalue weighted by molar-refractivity contribution is 5.96. The van der Waals surface area contributed by atoms with Gasteiger partial charge >= 0.3 is 0 Å². The molecule has 0 saturated heterocycles. The van der Waals surface area contributed by atoms with E-state index in [1.165, 1.54) is 6.92 Å². The minimum Gasteiger partial charge on any atom is -0.393 e. The van der Waals surface area contributed by atoms with Gasteiger partial charge in [0.25, 0.3) is 5.91 Å². The Balaban J connectivity index is 4.10. The van der Waals surface area contributed by atoms with Gasteiger partial charge in [-0.25, -0.2) is 0 Å². The molecule has 0 aromatic heterocycles. The number of imide groups is 1. The van der Waals surface area contributed by atoms with E-state index in [2.05, 4.69) is 0 Å². The van der Waals surface area contributed by atoms with Crippen LogP contribution in [0.4, 0.5) is 0 Å². The molecule has 82 valence electrons. The molecule has 0 saturated carbocycles. The lowest BCUT2D eigenvalue weighted by molar-refractivity contribution is -0.140. The molecule has 0 aromatic rings. The van der Waals surface area contributed by atoms with Gasteiger partial charge in [0.1, 0.15) is 0 Å². The van der Waals surface area contributed by atoms with E-state index < -0.39 is 30.1 Å². The Morgan fingerprint density at radius 1 is 1.29 bits per heavy atom. The van der Waals surface area contributed by atoms with Crippen molar-refractivity contribution < 1.29 is 24.9 Å². The average molecular weight is 205 g/mol. The Morgan fingerprint density at radius 3 is 2.14 bits per heavy atom. The predicted octanol–water partition coefficient (Wildman–Crippen LogP) is -1.86. The van der Waals surface area contributed by atoms with Crippen molar-refractivity contribution in [2.75, 3.05) is 0 Å². The minimum atomic E-state index is -1.70. The highest BCUT2D eigenvalue weighted by Gasteiger charge is 2.25. The highest BCUT2D eigenvalue weighted by Crippen LogP contribution is 2.02. The summed E-state index contributed by atoms with van der Waals surface area (Å²) in [6.45, 7) is 2.53. The van der Waals surface area contributed by atoms with E-state index in [-0.39, 0.29) is 6.42 Å². The summed E-state index contributed by atoms with van der Waals surface area (Å²) < 4.78 is 0. The zero-order chi connectivity index (χ0) is 11.3. The van der Waals surface area contributed by atoms with Crippen molar-refractivity contribution in [1.29, 1.82) is 0 Å². The lowest BCUT2D eigenvalue weighted by atomic mass is 10.1. The second-order valence-electron chi connectivity index (χ2n) is 3.14. The Morgan fingerprint density at radius 2 is 1.79 bits per heavy atom. The average Bonchev–Trinajstić information content (AvgIpc) is 2.00. The molecule has 2 amide bonds. The van der Waals surface area contributed by atoms with Gasteiger partial charge in [-0.3, -0.25) is 14.9 Å². The lowest BCUT2D eigenvalue weighted by Gasteiger charge is -2.17. The maximum Gasteiger partial charge on any atom is 0.258 e. The van der Waals surface area contributed by atoms with Crippen molar-refractivity contribution in [3.05, 3.63) is 0 Å². The molecule has 0 spiro atoms. The quantitative estimate of drug-likeness (QED) is 0.430. The van der Waals surface area contributed by atoms with Crippen molar-refractivity contribution in [2.45, 2.75) is 38.6 Å². The first-order valence-electron chi connectivity index (χ1n) is 4.20. The molecular formula is C8H15NO5. The molecule has 14 heavy (non-hydrogen) atoms. The molecule has 0 unspecified atom stereocenters. The fraction of sp³-hybridized carbons (Fsp3) is 0.750. The second-order valence-corrected chi connectivity index (χ2v) is 3.14.